The molecule has 2 aromatic rings. The molecule has 3 rings (SSSR count). The second-order valence-electron chi connectivity index (χ2n) is 8.13. The Morgan fingerprint density at radius 1 is 1.16 bits per heavy atom. The third-order valence-corrected chi connectivity index (χ3v) is 5.55. The Morgan fingerprint density at radius 3 is 2.77 bits per heavy atom. The predicted octanol–water partition coefficient (Wildman–Crippen LogP) is 3.34. The summed E-state index contributed by atoms with van der Waals surface area (Å²) in [5.41, 5.74) is 4.31. The molecule has 1 fully saturated rings. The van der Waals surface area contributed by atoms with Crippen molar-refractivity contribution in [1.82, 2.24) is 25.3 Å². The van der Waals surface area contributed by atoms with Crippen molar-refractivity contribution < 1.29 is 4.79 Å². The van der Waals surface area contributed by atoms with E-state index in [9.17, 15) is 4.79 Å². The molecule has 7 nitrogen and oxygen atoms in total. The van der Waals surface area contributed by atoms with Gasteiger partial charge in [-0.1, -0.05) is 24.6 Å². The number of aliphatic imine (C=N–C) groups is 1. The van der Waals surface area contributed by atoms with Crippen LogP contribution in [0.1, 0.15) is 56.0 Å². The van der Waals surface area contributed by atoms with Gasteiger partial charge in [0.25, 0.3) is 0 Å². The number of rotatable bonds is 8. The van der Waals surface area contributed by atoms with Crippen LogP contribution in [0.25, 0.3) is 5.69 Å². The maximum Gasteiger partial charge on any atom is 0.222 e. The van der Waals surface area contributed by atoms with E-state index in [2.05, 4.69) is 47.8 Å². The number of guanidine groups is 1. The number of nitrogens with zero attached hydrogens (tertiary/aromatic N) is 4. The number of hydrogen-bond donors (Lipinski definition) is 2. The molecule has 1 aliphatic heterocycles. The highest BCUT2D eigenvalue weighted by atomic mass is 16.2. The summed E-state index contributed by atoms with van der Waals surface area (Å²) >= 11 is 0. The summed E-state index contributed by atoms with van der Waals surface area (Å²) in [4.78, 5) is 19.0. The highest BCUT2D eigenvalue weighted by Crippen LogP contribution is 2.18. The Hall–Kier alpha value is -2.83. The maximum absolute atomic E-state index is 12.1. The summed E-state index contributed by atoms with van der Waals surface area (Å²) in [6.07, 6.45) is 4.93. The molecule has 0 radical (unpaired) electrons. The maximum atomic E-state index is 12.1. The molecule has 1 aliphatic rings. The number of carbonyl (C=O) groups is 1. The highest BCUT2D eigenvalue weighted by Gasteiger charge is 2.15. The van der Waals surface area contributed by atoms with E-state index >= 15 is 0 Å². The lowest BCUT2D eigenvalue weighted by Crippen LogP contribution is -2.39. The van der Waals surface area contributed by atoms with Crippen LogP contribution in [-0.4, -0.2) is 52.7 Å². The lowest BCUT2D eigenvalue weighted by molar-refractivity contribution is -0.130. The van der Waals surface area contributed by atoms with E-state index in [4.69, 9.17) is 4.99 Å². The molecule has 0 spiro atoms. The van der Waals surface area contributed by atoms with Crippen molar-refractivity contribution in [3.8, 4) is 5.69 Å². The third-order valence-electron chi connectivity index (χ3n) is 5.55. The standard InChI is InChI=1S/C24H36N6O/c1-4-25-24(26-14-10-16-29-15-9-5-6-13-23(29)31)27-18-21-11-7-8-12-22(21)30-20(3)17-19(2)28-30/h7-8,11-12,17H,4-6,9-10,13-16,18H2,1-3H3,(H2,25,26,27). The smallest absolute Gasteiger partial charge is 0.222 e. The van der Waals surface area contributed by atoms with Crippen LogP contribution in [0, 0.1) is 13.8 Å². The van der Waals surface area contributed by atoms with Crippen LogP contribution in [0.4, 0.5) is 0 Å². The van der Waals surface area contributed by atoms with Gasteiger partial charge in [0, 0.05) is 38.3 Å². The van der Waals surface area contributed by atoms with Crippen molar-refractivity contribution in [2.75, 3.05) is 26.2 Å². The minimum Gasteiger partial charge on any atom is -0.357 e. The Bertz CT molecular complexity index is 888. The average molecular weight is 425 g/mol. The summed E-state index contributed by atoms with van der Waals surface area (Å²) in [6.45, 7) is 10.0. The van der Waals surface area contributed by atoms with Crippen molar-refractivity contribution >= 4 is 11.9 Å². The van der Waals surface area contributed by atoms with Crippen LogP contribution < -0.4 is 10.6 Å². The Labute approximate surface area is 185 Å². The second kappa shape index (κ2) is 11.5. The zero-order valence-corrected chi connectivity index (χ0v) is 19.2. The Kier molecular flexibility index (Phi) is 8.50. The van der Waals surface area contributed by atoms with Crippen molar-refractivity contribution in [1.29, 1.82) is 0 Å². The fourth-order valence-corrected chi connectivity index (χ4v) is 3.98. The van der Waals surface area contributed by atoms with Crippen molar-refractivity contribution in [2.24, 2.45) is 4.99 Å². The van der Waals surface area contributed by atoms with Gasteiger partial charge < -0.3 is 15.5 Å². The van der Waals surface area contributed by atoms with Gasteiger partial charge in [-0.25, -0.2) is 9.67 Å². The normalized spacial score (nSPS) is 15.1. The summed E-state index contributed by atoms with van der Waals surface area (Å²) in [7, 11) is 0. The SMILES string of the molecule is CCNC(=NCc1ccccc1-n1nc(C)cc1C)NCCCN1CCCCCC1=O. The molecule has 0 bridgehead atoms. The van der Waals surface area contributed by atoms with Gasteiger partial charge in [-0.15, -0.1) is 0 Å². The molecule has 0 saturated carbocycles. The van der Waals surface area contributed by atoms with Crippen LogP contribution in [0.2, 0.25) is 0 Å². The number of likely N-dealkylation sites (tertiary alicyclic amines) is 1. The van der Waals surface area contributed by atoms with Crippen LogP contribution >= 0.6 is 0 Å². The number of benzene rings is 1. The summed E-state index contributed by atoms with van der Waals surface area (Å²) in [6, 6.07) is 10.3. The van der Waals surface area contributed by atoms with Gasteiger partial charge in [0.05, 0.1) is 17.9 Å². The molecule has 1 amide bonds. The van der Waals surface area contributed by atoms with Crippen LogP contribution in [0.15, 0.2) is 35.3 Å². The van der Waals surface area contributed by atoms with Gasteiger partial charge in [0.15, 0.2) is 5.96 Å². The number of nitrogens with one attached hydrogen (secondary N) is 2. The number of aryl methyl sites for hydroxylation is 2. The lowest BCUT2D eigenvalue weighted by atomic mass is 10.2. The van der Waals surface area contributed by atoms with Crippen molar-refractivity contribution in [3.63, 3.8) is 0 Å². The van der Waals surface area contributed by atoms with Crippen LogP contribution in [0.3, 0.4) is 0 Å². The number of para-hydroxylation sites is 1. The number of hydrogen-bond acceptors (Lipinski definition) is 3. The van der Waals surface area contributed by atoms with Gasteiger partial charge in [0.1, 0.15) is 0 Å². The average Bonchev–Trinajstić information content (AvgIpc) is 2.96. The zero-order valence-electron chi connectivity index (χ0n) is 19.2. The first-order chi connectivity index (χ1) is 15.1. The fourth-order valence-electron chi connectivity index (χ4n) is 3.98. The molecular weight excluding hydrogens is 388 g/mol. The highest BCUT2D eigenvalue weighted by molar-refractivity contribution is 5.79. The van der Waals surface area contributed by atoms with Gasteiger partial charge in [-0.2, -0.15) is 5.10 Å². The summed E-state index contributed by atoms with van der Waals surface area (Å²) < 4.78 is 1.98. The van der Waals surface area contributed by atoms with Gasteiger partial charge in [-0.05, 0) is 57.7 Å². The molecular formula is C24H36N6O. The molecule has 168 valence electrons. The molecule has 2 heterocycles. The number of amides is 1. The second-order valence-corrected chi connectivity index (χ2v) is 8.13. The van der Waals surface area contributed by atoms with Crippen LogP contribution in [0.5, 0.6) is 0 Å². The third kappa shape index (κ3) is 6.57. The van der Waals surface area contributed by atoms with Crippen molar-refractivity contribution in [3.05, 3.63) is 47.3 Å². The first kappa shape index (κ1) is 22.8. The topological polar surface area (TPSA) is 74.6 Å². The molecule has 0 atom stereocenters. The van der Waals surface area contributed by atoms with Crippen LogP contribution in [-0.2, 0) is 11.3 Å². The minimum absolute atomic E-state index is 0.304. The molecule has 0 aliphatic carbocycles. The first-order valence-corrected chi connectivity index (χ1v) is 11.5. The van der Waals surface area contributed by atoms with E-state index in [1.54, 1.807) is 0 Å². The van der Waals surface area contributed by atoms with Gasteiger partial charge in [0.2, 0.25) is 5.91 Å². The monoisotopic (exact) mass is 424 g/mol. The summed E-state index contributed by atoms with van der Waals surface area (Å²) in [5, 5.41) is 11.4. The minimum atomic E-state index is 0.304. The van der Waals surface area contributed by atoms with E-state index in [0.717, 1.165) is 80.5 Å². The van der Waals surface area contributed by atoms with Gasteiger partial charge in [-0.3, -0.25) is 4.79 Å². The molecule has 1 aromatic heterocycles. The molecule has 2 N–H and O–H groups in total. The van der Waals surface area contributed by atoms with Crippen molar-refractivity contribution in [2.45, 2.75) is 59.4 Å². The number of aromatic nitrogens is 2. The predicted molar refractivity (Wildman–Crippen MR) is 126 cm³/mol. The quantitative estimate of drug-likeness (QED) is 0.387. The van der Waals surface area contributed by atoms with Gasteiger partial charge >= 0.3 is 0 Å². The molecule has 1 saturated heterocycles. The first-order valence-electron chi connectivity index (χ1n) is 11.5. The Balaban J connectivity index is 1.59. The van der Waals surface area contributed by atoms with E-state index < -0.39 is 0 Å². The number of carbonyl (C=O) groups excluding carboxylic acids is 1. The molecule has 1 aromatic carbocycles. The fraction of sp³-hybridized carbons (Fsp3) is 0.542. The lowest BCUT2D eigenvalue weighted by Gasteiger charge is -2.20. The molecule has 0 unspecified atom stereocenters. The molecule has 7 heteroatoms. The van der Waals surface area contributed by atoms with E-state index in [1.165, 1.54) is 0 Å². The van der Waals surface area contributed by atoms with E-state index in [0.29, 0.717) is 18.9 Å². The zero-order chi connectivity index (χ0) is 22.1. The Morgan fingerprint density at radius 2 is 2.00 bits per heavy atom. The van der Waals surface area contributed by atoms with E-state index in [-0.39, 0.29) is 0 Å². The van der Waals surface area contributed by atoms with E-state index in [1.807, 2.05) is 28.6 Å². The summed E-state index contributed by atoms with van der Waals surface area (Å²) in [5.74, 6) is 1.10. The largest absolute Gasteiger partial charge is 0.357 e. The molecule has 31 heavy (non-hydrogen) atoms.